The van der Waals surface area contributed by atoms with Gasteiger partial charge >= 0.3 is 0 Å². The molecule has 0 spiro atoms. The number of aliphatic hydroxyl groups is 1. The number of piperazine rings is 1. The zero-order valence-corrected chi connectivity index (χ0v) is 9.83. The first-order valence-corrected chi connectivity index (χ1v) is 4.95. The predicted octanol–water partition coefficient (Wildman–Crippen LogP) is -0.979. The highest BCUT2D eigenvalue weighted by Gasteiger charge is 2.46. The van der Waals surface area contributed by atoms with Gasteiger partial charge in [0, 0.05) is 0 Å². The molecule has 90 valence electrons. The summed E-state index contributed by atoms with van der Waals surface area (Å²) in [4.78, 5) is 35.7. The van der Waals surface area contributed by atoms with Gasteiger partial charge in [0.1, 0.15) is 17.7 Å². The normalized spacial score (nSPS) is 20.7. The molecule has 0 unspecified atom stereocenters. The lowest BCUT2D eigenvalue weighted by Gasteiger charge is -2.42. The molecule has 1 fully saturated rings. The molecule has 0 aliphatic carbocycles. The number of imide groups is 1. The highest BCUT2D eigenvalue weighted by molar-refractivity contribution is 6.06. The van der Waals surface area contributed by atoms with Gasteiger partial charge in [0.2, 0.25) is 5.91 Å². The Hall–Kier alpha value is -1.43. The molecule has 2 N–H and O–H groups in total. The molecular formula is C10H16N2O4. The molecule has 0 aromatic carbocycles. The van der Waals surface area contributed by atoms with Crippen molar-refractivity contribution in [3.8, 4) is 0 Å². The van der Waals surface area contributed by atoms with E-state index >= 15 is 0 Å². The lowest BCUT2D eigenvalue weighted by molar-refractivity contribution is -0.164. The molecule has 0 aromatic rings. The number of carbonyl (C=O) groups excluding carboxylic acids is 3. The van der Waals surface area contributed by atoms with Gasteiger partial charge in [-0.05, 0) is 27.7 Å². The average molecular weight is 228 g/mol. The first kappa shape index (κ1) is 12.6. The van der Waals surface area contributed by atoms with Crippen molar-refractivity contribution in [2.45, 2.75) is 38.8 Å². The fourth-order valence-electron chi connectivity index (χ4n) is 1.44. The van der Waals surface area contributed by atoms with Gasteiger partial charge in [0.15, 0.2) is 0 Å². The number of carbonyl (C=O) groups is 3. The van der Waals surface area contributed by atoms with Gasteiger partial charge in [-0.25, -0.2) is 0 Å². The van der Waals surface area contributed by atoms with Gasteiger partial charge in [-0.15, -0.1) is 0 Å². The van der Waals surface area contributed by atoms with Crippen molar-refractivity contribution in [2.75, 3.05) is 6.54 Å². The lowest BCUT2D eigenvalue weighted by Crippen LogP contribution is -2.68. The van der Waals surface area contributed by atoms with E-state index in [0.29, 0.717) is 0 Å². The van der Waals surface area contributed by atoms with Gasteiger partial charge < -0.3 is 10.0 Å². The molecule has 1 aliphatic rings. The standard InChI is InChI=1S/C10H16N2O4/c1-9(2)7(14)11-6(13)5-12(9)8(15)10(3,4)16/h16H,5H2,1-4H3,(H,11,13,14). The largest absolute Gasteiger partial charge is 0.381 e. The van der Waals surface area contributed by atoms with Crippen LogP contribution in [0.5, 0.6) is 0 Å². The molecule has 6 nitrogen and oxygen atoms in total. The maximum absolute atomic E-state index is 11.9. The lowest BCUT2D eigenvalue weighted by atomic mass is 9.95. The summed E-state index contributed by atoms with van der Waals surface area (Å²) in [6, 6.07) is 0. The van der Waals surface area contributed by atoms with E-state index in [9.17, 15) is 19.5 Å². The van der Waals surface area contributed by atoms with Crippen LogP contribution in [0.25, 0.3) is 0 Å². The van der Waals surface area contributed by atoms with Crippen LogP contribution < -0.4 is 5.32 Å². The molecule has 0 bridgehead atoms. The Morgan fingerprint density at radius 1 is 1.44 bits per heavy atom. The molecule has 1 aliphatic heterocycles. The summed E-state index contributed by atoms with van der Waals surface area (Å²) in [6.07, 6.45) is 0. The molecule has 16 heavy (non-hydrogen) atoms. The Balaban J connectivity index is 3.06. The Bertz CT molecular complexity index is 354. The van der Waals surface area contributed by atoms with Gasteiger partial charge in [-0.2, -0.15) is 0 Å². The van der Waals surface area contributed by atoms with E-state index in [1.807, 2.05) is 0 Å². The highest BCUT2D eigenvalue weighted by Crippen LogP contribution is 2.21. The van der Waals surface area contributed by atoms with E-state index < -0.39 is 28.9 Å². The summed E-state index contributed by atoms with van der Waals surface area (Å²) in [6.45, 7) is 5.48. The summed E-state index contributed by atoms with van der Waals surface area (Å²) in [5.74, 6) is -1.72. The zero-order valence-electron chi connectivity index (χ0n) is 9.83. The molecular weight excluding hydrogens is 212 g/mol. The minimum atomic E-state index is -1.60. The van der Waals surface area contributed by atoms with Crippen LogP contribution in [0, 0.1) is 0 Å². The molecule has 0 aromatic heterocycles. The summed E-state index contributed by atoms with van der Waals surface area (Å²) >= 11 is 0. The minimum absolute atomic E-state index is 0.221. The predicted molar refractivity (Wildman–Crippen MR) is 55.2 cm³/mol. The third-order valence-corrected chi connectivity index (χ3v) is 2.55. The monoisotopic (exact) mass is 228 g/mol. The van der Waals surface area contributed by atoms with Crippen LogP contribution >= 0.6 is 0 Å². The van der Waals surface area contributed by atoms with Crippen molar-refractivity contribution >= 4 is 17.7 Å². The Labute approximate surface area is 93.6 Å². The van der Waals surface area contributed by atoms with Gasteiger partial charge in [0.25, 0.3) is 11.8 Å². The highest BCUT2D eigenvalue weighted by atomic mass is 16.3. The third-order valence-electron chi connectivity index (χ3n) is 2.55. The molecule has 1 saturated heterocycles. The quantitative estimate of drug-likeness (QED) is 0.565. The summed E-state index contributed by atoms with van der Waals surface area (Å²) < 4.78 is 0. The first-order valence-electron chi connectivity index (χ1n) is 4.95. The number of amides is 3. The Kier molecular flexibility index (Phi) is 2.81. The van der Waals surface area contributed by atoms with Crippen LogP contribution in [0.15, 0.2) is 0 Å². The first-order chi connectivity index (χ1) is 7.06. The van der Waals surface area contributed by atoms with Crippen LogP contribution in [0.2, 0.25) is 0 Å². The molecule has 0 radical (unpaired) electrons. The fourth-order valence-corrected chi connectivity index (χ4v) is 1.44. The van der Waals surface area contributed by atoms with E-state index in [2.05, 4.69) is 5.32 Å². The molecule has 3 amide bonds. The molecule has 0 saturated carbocycles. The molecule has 1 heterocycles. The van der Waals surface area contributed by atoms with E-state index in [1.54, 1.807) is 0 Å². The fraction of sp³-hybridized carbons (Fsp3) is 0.700. The van der Waals surface area contributed by atoms with Crippen LogP contribution in [0.1, 0.15) is 27.7 Å². The van der Waals surface area contributed by atoms with Crippen LogP contribution in [0.4, 0.5) is 0 Å². The second-order valence-electron chi connectivity index (χ2n) is 4.89. The van der Waals surface area contributed by atoms with Crippen molar-refractivity contribution in [3.05, 3.63) is 0 Å². The topological polar surface area (TPSA) is 86.7 Å². The van der Waals surface area contributed by atoms with Crippen LogP contribution in [-0.4, -0.2) is 45.4 Å². The average Bonchev–Trinajstić information content (AvgIpc) is 2.09. The van der Waals surface area contributed by atoms with Crippen molar-refractivity contribution < 1.29 is 19.5 Å². The van der Waals surface area contributed by atoms with Gasteiger partial charge in [-0.1, -0.05) is 0 Å². The summed E-state index contributed by atoms with van der Waals surface area (Å²) in [5, 5.41) is 11.8. The number of hydrogen-bond acceptors (Lipinski definition) is 4. The smallest absolute Gasteiger partial charge is 0.255 e. The molecule has 6 heteroatoms. The van der Waals surface area contributed by atoms with Crippen molar-refractivity contribution in [1.82, 2.24) is 10.2 Å². The van der Waals surface area contributed by atoms with Gasteiger partial charge in [0.05, 0.1) is 0 Å². The molecule has 1 rings (SSSR count). The Morgan fingerprint density at radius 2 is 1.94 bits per heavy atom. The van der Waals surface area contributed by atoms with E-state index in [0.717, 1.165) is 4.90 Å². The molecule has 0 atom stereocenters. The van der Waals surface area contributed by atoms with Crippen LogP contribution in [0.3, 0.4) is 0 Å². The minimum Gasteiger partial charge on any atom is -0.381 e. The SMILES string of the molecule is CC(C)(O)C(=O)N1CC(=O)NC(=O)C1(C)C. The number of hydrogen-bond donors (Lipinski definition) is 2. The Morgan fingerprint density at radius 3 is 2.38 bits per heavy atom. The summed E-state index contributed by atoms with van der Waals surface area (Å²) in [5.41, 5.74) is -2.74. The summed E-state index contributed by atoms with van der Waals surface area (Å²) in [7, 11) is 0. The van der Waals surface area contributed by atoms with Gasteiger partial charge in [-0.3, -0.25) is 19.7 Å². The van der Waals surface area contributed by atoms with Crippen molar-refractivity contribution in [2.24, 2.45) is 0 Å². The van der Waals surface area contributed by atoms with E-state index in [-0.39, 0.29) is 6.54 Å². The number of nitrogens with one attached hydrogen (secondary N) is 1. The maximum Gasteiger partial charge on any atom is 0.255 e. The maximum atomic E-state index is 11.9. The third kappa shape index (κ3) is 2.06. The van der Waals surface area contributed by atoms with Crippen LogP contribution in [-0.2, 0) is 14.4 Å². The number of nitrogens with zero attached hydrogens (tertiary/aromatic N) is 1. The number of rotatable bonds is 1. The van der Waals surface area contributed by atoms with Crippen molar-refractivity contribution in [1.29, 1.82) is 0 Å². The van der Waals surface area contributed by atoms with E-state index in [4.69, 9.17) is 0 Å². The van der Waals surface area contributed by atoms with E-state index in [1.165, 1.54) is 27.7 Å². The second-order valence-corrected chi connectivity index (χ2v) is 4.89. The van der Waals surface area contributed by atoms with Crippen molar-refractivity contribution in [3.63, 3.8) is 0 Å². The second kappa shape index (κ2) is 3.55. The zero-order chi connectivity index (χ0) is 12.7.